The van der Waals surface area contributed by atoms with E-state index in [0.717, 1.165) is 32.1 Å². The van der Waals surface area contributed by atoms with Gasteiger partial charge >= 0.3 is 5.97 Å². The summed E-state index contributed by atoms with van der Waals surface area (Å²) in [5, 5.41) is 0.210. The summed E-state index contributed by atoms with van der Waals surface area (Å²) in [6, 6.07) is 0. The molecule has 0 spiro atoms. The van der Waals surface area contributed by atoms with Gasteiger partial charge < -0.3 is 37.6 Å². The lowest BCUT2D eigenvalue weighted by Crippen LogP contribution is -2.43. The number of allylic oxidation sites excluding steroid dienone is 2. The molecule has 10 heteroatoms. The second kappa shape index (κ2) is 20.7. The summed E-state index contributed by atoms with van der Waals surface area (Å²) in [5.41, 5.74) is 0. The lowest BCUT2D eigenvalue weighted by molar-refractivity contribution is -0.135. The van der Waals surface area contributed by atoms with Gasteiger partial charge in [-0.2, -0.15) is 0 Å². The molecule has 0 radical (unpaired) electrons. The maximum Gasteiger partial charge on any atom is 0.330 e. The molecule has 1 aliphatic rings. The van der Waals surface area contributed by atoms with Gasteiger partial charge in [-0.05, 0) is 75.1 Å². The van der Waals surface area contributed by atoms with E-state index in [1.54, 1.807) is 20.3 Å². The van der Waals surface area contributed by atoms with Crippen molar-refractivity contribution < 1.29 is 42.4 Å². The van der Waals surface area contributed by atoms with Gasteiger partial charge in [-0.3, -0.25) is 0 Å². The average molecular weight is 603 g/mol. The Hall–Kier alpha value is -1.11. The Kier molecular flexibility index (Phi) is 19.2. The number of esters is 1. The third-order valence-corrected chi connectivity index (χ3v) is 12.5. The molecule has 0 aromatic carbocycles. The van der Waals surface area contributed by atoms with Gasteiger partial charge in [0.05, 0.1) is 45.7 Å². The Balaban J connectivity index is 2.84. The van der Waals surface area contributed by atoms with Gasteiger partial charge in [0.1, 0.15) is 13.6 Å². The molecular weight excluding hydrogens is 544 g/mol. The van der Waals surface area contributed by atoms with Crippen LogP contribution in [0.15, 0.2) is 24.3 Å². The third kappa shape index (κ3) is 15.8. The van der Waals surface area contributed by atoms with Crippen molar-refractivity contribution in [1.29, 1.82) is 0 Å². The van der Waals surface area contributed by atoms with Gasteiger partial charge in [-0.15, -0.1) is 0 Å². The van der Waals surface area contributed by atoms with E-state index in [4.69, 9.17) is 37.6 Å². The number of methoxy groups -OCH3 is 3. The molecule has 1 aliphatic carbocycles. The summed E-state index contributed by atoms with van der Waals surface area (Å²) in [4.78, 5) is 11.9. The molecular formula is C31H58O9Si. The number of hydrogen-bond acceptors (Lipinski definition) is 9. The second-order valence-electron chi connectivity index (χ2n) is 12.2. The molecule has 0 heterocycles. The Bertz CT molecular complexity index is 750. The second-order valence-corrected chi connectivity index (χ2v) is 16.9. The highest BCUT2D eigenvalue weighted by molar-refractivity contribution is 6.74. The number of rotatable bonds is 22. The van der Waals surface area contributed by atoms with Crippen LogP contribution in [0.1, 0.15) is 59.8 Å². The van der Waals surface area contributed by atoms with E-state index in [9.17, 15) is 4.79 Å². The zero-order chi connectivity index (χ0) is 30.7. The number of hydrogen-bond donors (Lipinski definition) is 0. The van der Waals surface area contributed by atoms with Crippen LogP contribution in [-0.2, 0) is 42.4 Å². The van der Waals surface area contributed by atoms with Gasteiger partial charge in [0.2, 0.25) is 0 Å². The van der Waals surface area contributed by atoms with E-state index in [1.807, 2.05) is 0 Å². The molecule has 0 aromatic rings. The summed E-state index contributed by atoms with van der Waals surface area (Å²) in [6.45, 7) is 15.9. The summed E-state index contributed by atoms with van der Waals surface area (Å²) >= 11 is 0. The van der Waals surface area contributed by atoms with E-state index >= 15 is 0 Å². The van der Waals surface area contributed by atoms with Gasteiger partial charge in [0.15, 0.2) is 8.32 Å². The number of carbonyl (C=O) groups is 1. The number of unbranched alkanes of at least 4 members (excludes halogenated alkanes) is 1. The van der Waals surface area contributed by atoms with Crippen LogP contribution in [0.25, 0.3) is 0 Å². The van der Waals surface area contributed by atoms with E-state index < -0.39 is 14.3 Å². The highest BCUT2D eigenvalue weighted by atomic mass is 28.4. The van der Waals surface area contributed by atoms with E-state index in [1.165, 1.54) is 13.2 Å². The van der Waals surface area contributed by atoms with Crippen molar-refractivity contribution in [1.82, 2.24) is 0 Å². The van der Waals surface area contributed by atoms with Gasteiger partial charge in [0, 0.05) is 26.4 Å². The fourth-order valence-electron chi connectivity index (χ4n) is 4.56. The molecule has 0 aromatic heterocycles. The highest BCUT2D eigenvalue weighted by Crippen LogP contribution is 2.39. The first-order valence-electron chi connectivity index (χ1n) is 14.9. The first kappa shape index (κ1) is 37.9. The molecule has 0 unspecified atom stereocenters. The van der Waals surface area contributed by atoms with E-state index in [0.29, 0.717) is 26.4 Å². The monoisotopic (exact) mass is 602 g/mol. The standard InChI is InChI=1S/C31H58O9Si/c1-25(40-41(8,9)31(2,3)4)13-11-10-12-14-26-21-27(38-23-36-19-17-33-5)22-28(26)29(15-16-30(32)35-7)39-24-37-20-18-34-6/h12,14-16,25-29H,10-11,13,17-24H2,1-9H3/b14-12+,16-15+/t25-,26+,27-,28+,29+/m0/s1. The molecule has 0 aliphatic heterocycles. The minimum atomic E-state index is -1.76. The zero-order valence-electron chi connectivity index (χ0n) is 27.1. The summed E-state index contributed by atoms with van der Waals surface area (Å²) in [5.74, 6) is -0.105. The van der Waals surface area contributed by atoms with Gasteiger partial charge in [-0.25, -0.2) is 4.79 Å². The minimum absolute atomic E-state index is 0.0160. The van der Waals surface area contributed by atoms with Gasteiger partial charge in [0.25, 0.3) is 0 Å². The predicted octanol–water partition coefficient (Wildman–Crippen LogP) is 5.89. The van der Waals surface area contributed by atoms with E-state index in [-0.39, 0.29) is 48.8 Å². The van der Waals surface area contributed by atoms with Crippen LogP contribution in [0.3, 0.4) is 0 Å². The number of carbonyl (C=O) groups excluding carboxylic acids is 1. The maximum absolute atomic E-state index is 11.9. The van der Waals surface area contributed by atoms with Crippen LogP contribution in [0.2, 0.25) is 18.1 Å². The third-order valence-electron chi connectivity index (χ3n) is 7.93. The van der Waals surface area contributed by atoms with Crippen molar-refractivity contribution in [2.75, 3.05) is 61.3 Å². The molecule has 0 N–H and O–H groups in total. The Morgan fingerprint density at radius 1 is 0.976 bits per heavy atom. The molecule has 240 valence electrons. The van der Waals surface area contributed by atoms with Crippen molar-refractivity contribution >= 4 is 14.3 Å². The molecule has 1 saturated carbocycles. The van der Waals surface area contributed by atoms with Crippen LogP contribution >= 0.6 is 0 Å². The Labute approximate surface area is 250 Å². The topological polar surface area (TPSA) is 90.9 Å². The summed E-state index contributed by atoms with van der Waals surface area (Å²) < 4.78 is 44.7. The minimum Gasteiger partial charge on any atom is -0.466 e. The smallest absolute Gasteiger partial charge is 0.330 e. The average Bonchev–Trinajstić information content (AvgIpc) is 3.31. The molecule has 0 bridgehead atoms. The lowest BCUT2D eigenvalue weighted by Gasteiger charge is -2.38. The maximum atomic E-state index is 11.9. The molecule has 5 atom stereocenters. The van der Waals surface area contributed by atoms with Gasteiger partial charge in [-0.1, -0.05) is 32.9 Å². The highest BCUT2D eigenvalue weighted by Gasteiger charge is 2.39. The van der Waals surface area contributed by atoms with Crippen LogP contribution < -0.4 is 0 Å². The lowest BCUT2D eigenvalue weighted by atomic mass is 9.89. The number of ether oxygens (including phenoxy) is 7. The van der Waals surface area contributed by atoms with Crippen LogP contribution in [0.5, 0.6) is 0 Å². The first-order valence-corrected chi connectivity index (χ1v) is 17.8. The summed E-state index contributed by atoms with van der Waals surface area (Å²) in [6.07, 6.45) is 12.4. The molecule has 1 fully saturated rings. The van der Waals surface area contributed by atoms with Crippen molar-refractivity contribution in [2.24, 2.45) is 11.8 Å². The Morgan fingerprint density at radius 2 is 1.63 bits per heavy atom. The van der Waals surface area contributed by atoms with Crippen LogP contribution in [-0.4, -0.2) is 93.9 Å². The molecule has 9 nitrogen and oxygen atoms in total. The molecule has 41 heavy (non-hydrogen) atoms. The SMILES string of the molecule is COCCOCO[C@@H]1C[C@@H]([C@@H](/C=C/C(=O)OC)OCOCCOC)[C@H](/C=C/CCC[C@H](C)O[Si](C)(C)C(C)(C)C)C1. The van der Waals surface area contributed by atoms with Crippen molar-refractivity contribution in [3.05, 3.63) is 24.3 Å². The van der Waals surface area contributed by atoms with Crippen molar-refractivity contribution in [2.45, 2.75) is 96.2 Å². The largest absolute Gasteiger partial charge is 0.466 e. The molecule has 1 rings (SSSR count). The quantitative estimate of drug-likeness (QED) is 0.0376. The fourth-order valence-corrected chi connectivity index (χ4v) is 6.03. The first-order chi connectivity index (χ1) is 19.4. The Morgan fingerprint density at radius 3 is 2.24 bits per heavy atom. The van der Waals surface area contributed by atoms with Crippen molar-refractivity contribution in [3.63, 3.8) is 0 Å². The predicted molar refractivity (Wildman–Crippen MR) is 163 cm³/mol. The molecule has 0 saturated heterocycles. The van der Waals surface area contributed by atoms with Crippen LogP contribution in [0, 0.1) is 11.8 Å². The molecule has 0 amide bonds. The normalized spacial score (nSPS) is 21.6. The fraction of sp³-hybridized carbons (Fsp3) is 0.839. The van der Waals surface area contributed by atoms with E-state index in [2.05, 4.69) is 52.9 Å². The van der Waals surface area contributed by atoms with Crippen molar-refractivity contribution in [3.8, 4) is 0 Å². The van der Waals surface area contributed by atoms with Crippen LogP contribution in [0.4, 0.5) is 0 Å². The summed E-state index contributed by atoms with van der Waals surface area (Å²) in [7, 11) is 2.87. The zero-order valence-corrected chi connectivity index (χ0v) is 28.1.